The molecule has 1 fully saturated rings. The van der Waals surface area contributed by atoms with E-state index in [1.807, 2.05) is 6.07 Å². The van der Waals surface area contributed by atoms with E-state index >= 15 is 0 Å². The number of aromatic nitrogens is 4. The molecule has 1 aliphatic rings. The van der Waals surface area contributed by atoms with Crippen molar-refractivity contribution < 1.29 is 9.18 Å². The summed E-state index contributed by atoms with van der Waals surface area (Å²) >= 11 is 0. The number of carbonyl (C=O) groups excluding carboxylic acids is 1. The van der Waals surface area contributed by atoms with Crippen LogP contribution in [0.1, 0.15) is 35.8 Å². The van der Waals surface area contributed by atoms with Crippen molar-refractivity contribution in [3.63, 3.8) is 0 Å². The molecule has 0 unspecified atom stereocenters. The lowest BCUT2D eigenvalue weighted by atomic mass is 10.1. The van der Waals surface area contributed by atoms with Crippen LogP contribution in [0.25, 0.3) is 16.7 Å². The molecule has 3 heterocycles. The molecular formula is C24H26FN7O. The van der Waals surface area contributed by atoms with Crippen LogP contribution in [0.15, 0.2) is 43.0 Å². The number of nitrogens with zero attached hydrogens (tertiary/aromatic N) is 4. The van der Waals surface area contributed by atoms with E-state index in [4.69, 9.17) is 0 Å². The van der Waals surface area contributed by atoms with Crippen LogP contribution in [0.2, 0.25) is 0 Å². The maximum absolute atomic E-state index is 14.4. The number of amides is 1. The van der Waals surface area contributed by atoms with Gasteiger partial charge in [-0.05, 0) is 51.3 Å². The molecule has 3 aromatic heterocycles. The van der Waals surface area contributed by atoms with Gasteiger partial charge in [0.2, 0.25) is 0 Å². The molecule has 1 aliphatic carbocycles. The van der Waals surface area contributed by atoms with Gasteiger partial charge in [0.15, 0.2) is 11.5 Å². The second-order valence-electron chi connectivity index (χ2n) is 8.69. The Morgan fingerprint density at radius 1 is 1.21 bits per heavy atom. The molecule has 4 aromatic rings. The number of halogens is 1. The fourth-order valence-corrected chi connectivity index (χ4v) is 3.85. The maximum Gasteiger partial charge on any atom is 0.257 e. The third-order valence-electron chi connectivity index (χ3n) is 5.81. The highest BCUT2D eigenvalue weighted by Crippen LogP contribution is 2.28. The van der Waals surface area contributed by atoms with Gasteiger partial charge in [-0.2, -0.15) is 0 Å². The molecule has 0 aliphatic heterocycles. The molecular weight excluding hydrogens is 421 g/mol. The van der Waals surface area contributed by atoms with Crippen molar-refractivity contribution in [3.05, 3.63) is 60.1 Å². The lowest BCUT2D eigenvalue weighted by Gasteiger charge is -2.17. The SMILES string of the molecule is Cc1cn2cc(NC(=O)c3ccc(NC[C@@H](C)NCC4CC4)c4nccnc34)cc(F)c2n1. The first-order valence-electron chi connectivity index (χ1n) is 11.1. The largest absolute Gasteiger partial charge is 0.382 e. The summed E-state index contributed by atoms with van der Waals surface area (Å²) < 4.78 is 16.0. The van der Waals surface area contributed by atoms with Gasteiger partial charge < -0.3 is 20.4 Å². The van der Waals surface area contributed by atoms with E-state index in [1.54, 1.807) is 42.2 Å². The summed E-state index contributed by atoms with van der Waals surface area (Å²) in [5, 5.41) is 9.73. The van der Waals surface area contributed by atoms with E-state index in [1.165, 1.54) is 18.9 Å². The number of aryl methyl sites for hydroxylation is 1. The number of anilines is 2. The average molecular weight is 448 g/mol. The molecule has 9 heteroatoms. The molecule has 5 rings (SSSR count). The summed E-state index contributed by atoms with van der Waals surface area (Å²) in [5.74, 6) is -0.0689. The Hall–Kier alpha value is -3.59. The van der Waals surface area contributed by atoms with Gasteiger partial charge in [0.05, 0.1) is 22.6 Å². The second-order valence-corrected chi connectivity index (χ2v) is 8.69. The lowest BCUT2D eigenvalue weighted by molar-refractivity contribution is 0.102. The first-order chi connectivity index (χ1) is 16.0. The van der Waals surface area contributed by atoms with E-state index < -0.39 is 5.82 Å². The van der Waals surface area contributed by atoms with Gasteiger partial charge >= 0.3 is 0 Å². The molecule has 0 saturated heterocycles. The van der Waals surface area contributed by atoms with E-state index in [2.05, 4.69) is 37.8 Å². The Labute approximate surface area is 190 Å². The summed E-state index contributed by atoms with van der Waals surface area (Å²) in [5.41, 5.74) is 3.53. The number of nitrogens with one attached hydrogen (secondary N) is 3. The molecule has 33 heavy (non-hydrogen) atoms. The fraction of sp³-hybridized carbons (Fsp3) is 0.333. The Kier molecular flexibility index (Phi) is 5.63. The van der Waals surface area contributed by atoms with Crippen LogP contribution in [0, 0.1) is 18.7 Å². The highest BCUT2D eigenvalue weighted by Gasteiger charge is 2.21. The average Bonchev–Trinajstić information content (AvgIpc) is 3.55. The van der Waals surface area contributed by atoms with Crippen LogP contribution in [-0.2, 0) is 0 Å². The van der Waals surface area contributed by atoms with Crippen LogP contribution in [0.5, 0.6) is 0 Å². The van der Waals surface area contributed by atoms with Crippen LogP contribution in [0.3, 0.4) is 0 Å². The number of pyridine rings is 1. The first-order valence-corrected chi connectivity index (χ1v) is 11.1. The second kappa shape index (κ2) is 8.74. The molecule has 0 bridgehead atoms. The van der Waals surface area contributed by atoms with Gasteiger partial charge in [0, 0.05) is 43.4 Å². The van der Waals surface area contributed by atoms with E-state index in [0.717, 1.165) is 24.7 Å². The zero-order valence-corrected chi connectivity index (χ0v) is 18.6. The smallest absolute Gasteiger partial charge is 0.257 e. The minimum absolute atomic E-state index is 0.220. The van der Waals surface area contributed by atoms with Gasteiger partial charge in [-0.25, -0.2) is 9.37 Å². The van der Waals surface area contributed by atoms with Crippen molar-refractivity contribution in [1.29, 1.82) is 0 Å². The van der Waals surface area contributed by atoms with Gasteiger partial charge in [-0.1, -0.05) is 0 Å². The van der Waals surface area contributed by atoms with Gasteiger partial charge in [0.1, 0.15) is 11.0 Å². The highest BCUT2D eigenvalue weighted by molar-refractivity contribution is 6.13. The Morgan fingerprint density at radius 2 is 2.00 bits per heavy atom. The fourth-order valence-electron chi connectivity index (χ4n) is 3.85. The van der Waals surface area contributed by atoms with Crippen molar-refractivity contribution in [2.75, 3.05) is 23.7 Å². The summed E-state index contributed by atoms with van der Waals surface area (Å²) in [4.78, 5) is 26.1. The summed E-state index contributed by atoms with van der Waals surface area (Å²) in [6, 6.07) is 5.12. The standard InChI is InChI=1S/C24H26FN7O/c1-14(28-11-16-3-4-16)10-29-20-6-5-18(21-22(20)27-8-7-26-21)24(33)31-17-9-19(25)23-30-15(2)12-32(23)13-17/h5-9,12-14,16,28-29H,3-4,10-11H2,1-2H3,(H,31,33)/t14-/m1/s1. The van der Waals surface area contributed by atoms with Crippen molar-refractivity contribution >= 4 is 34.0 Å². The first kappa shape index (κ1) is 21.3. The number of fused-ring (bicyclic) bond motifs is 2. The molecule has 0 spiro atoms. The Balaban J connectivity index is 1.36. The molecule has 1 saturated carbocycles. The highest BCUT2D eigenvalue weighted by atomic mass is 19.1. The minimum Gasteiger partial charge on any atom is -0.382 e. The lowest BCUT2D eigenvalue weighted by Crippen LogP contribution is -2.34. The van der Waals surface area contributed by atoms with Crippen LogP contribution in [-0.4, -0.2) is 44.4 Å². The zero-order chi connectivity index (χ0) is 22.9. The monoisotopic (exact) mass is 447 g/mol. The summed E-state index contributed by atoms with van der Waals surface area (Å²) in [7, 11) is 0. The number of hydrogen-bond donors (Lipinski definition) is 3. The predicted octanol–water partition coefficient (Wildman–Crippen LogP) is 3.78. The van der Waals surface area contributed by atoms with E-state index in [0.29, 0.717) is 34.0 Å². The van der Waals surface area contributed by atoms with Crippen molar-refractivity contribution in [2.45, 2.75) is 32.7 Å². The van der Waals surface area contributed by atoms with Gasteiger partial charge in [-0.15, -0.1) is 0 Å². The number of imidazole rings is 1. The maximum atomic E-state index is 14.4. The molecule has 8 nitrogen and oxygen atoms in total. The molecule has 3 N–H and O–H groups in total. The molecule has 170 valence electrons. The Morgan fingerprint density at radius 3 is 2.79 bits per heavy atom. The van der Waals surface area contributed by atoms with E-state index in [-0.39, 0.29) is 11.6 Å². The van der Waals surface area contributed by atoms with Crippen molar-refractivity contribution in [3.8, 4) is 0 Å². The number of carbonyl (C=O) groups is 1. The third-order valence-corrected chi connectivity index (χ3v) is 5.81. The van der Waals surface area contributed by atoms with Gasteiger partial charge in [-0.3, -0.25) is 14.8 Å². The number of benzene rings is 1. The van der Waals surface area contributed by atoms with Crippen LogP contribution < -0.4 is 16.0 Å². The van der Waals surface area contributed by atoms with Crippen LogP contribution in [0.4, 0.5) is 15.8 Å². The zero-order valence-electron chi connectivity index (χ0n) is 18.6. The molecule has 0 radical (unpaired) electrons. The predicted molar refractivity (Wildman–Crippen MR) is 126 cm³/mol. The summed E-state index contributed by atoms with van der Waals surface area (Å²) in [6.45, 7) is 5.71. The number of rotatable bonds is 8. The summed E-state index contributed by atoms with van der Waals surface area (Å²) in [6.07, 6.45) is 9.14. The van der Waals surface area contributed by atoms with Crippen LogP contribution >= 0.6 is 0 Å². The normalized spacial score (nSPS) is 14.5. The molecule has 1 amide bonds. The topological polar surface area (TPSA) is 96.2 Å². The Bertz CT molecular complexity index is 1330. The molecule has 1 aromatic carbocycles. The van der Waals surface area contributed by atoms with Crippen molar-refractivity contribution in [2.24, 2.45) is 5.92 Å². The third kappa shape index (κ3) is 4.63. The van der Waals surface area contributed by atoms with E-state index in [9.17, 15) is 9.18 Å². The number of hydrogen-bond acceptors (Lipinski definition) is 6. The van der Waals surface area contributed by atoms with Gasteiger partial charge in [0.25, 0.3) is 5.91 Å². The van der Waals surface area contributed by atoms with Crippen molar-refractivity contribution in [1.82, 2.24) is 24.7 Å². The molecule has 1 atom stereocenters. The minimum atomic E-state index is -0.505. The quantitative estimate of drug-likeness (QED) is 0.380.